The van der Waals surface area contributed by atoms with Crippen molar-refractivity contribution in [2.45, 2.75) is 31.7 Å². The second-order valence-corrected chi connectivity index (χ2v) is 8.79. The Morgan fingerprint density at radius 2 is 1.69 bits per heavy atom. The van der Waals surface area contributed by atoms with E-state index in [1.54, 1.807) is 14.2 Å². The number of hydrogen-bond acceptors (Lipinski definition) is 6. The van der Waals surface area contributed by atoms with E-state index in [4.69, 9.17) is 14.2 Å². The predicted octanol–water partition coefficient (Wildman–Crippen LogP) is 6.08. The number of fused-ring (bicyclic) bond motifs is 1. The maximum absolute atomic E-state index is 13.8. The molecular formula is C29H30N2O4. The SMILES string of the molecule is CCOc1ccc(C2Nc3ccccc3NC3=C2C(=O)CC(c2cccc(OC)c2)C3)cc1OC. The van der Waals surface area contributed by atoms with Gasteiger partial charge in [-0.25, -0.2) is 0 Å². The Bertz CT molecular complexity index is 1280. The zero-order valence-electron chi connectivity index (χ0n) is 20.3. The van der Waals surface area contributed by atoms with Gasteiger partial charge in [0.15, 0.2) is 17.3 Å². The van der Waals surface area contributed by atoms with Crippen LogP contribution in [0.4, 0.5) is 11.4 Å². The molecule has 2 atom stereocenters. The molecule has 0 spiro atoms. The van der Waals surface area contributed by atoms with Crippen LogP contribution in [0.3, 0.4) is 0 Å². The lowest BCUT2D eigenvalue weighted by atomic mass is 9.78. The number of allylic oxidation sites excluding steroid dienone is 1. The van der Waals surface area contributed by atoms with Gasteiger partial charge in [0.05, 0.1) is 38.2 Å². The molecule has 1 aliphatic heterocycles. The summed E-state index contributed by atoms with van der Waals surface area (Å²) in [6, 6.07) is 21.6. The lowest BCUT2D eigenvalue weighted by molar-refractivity contribution is -0.116. The van der Waals surface area contributed by atoms with E-state index in [9.17, 15) is 4.79 Å². The maximum atomic E-state index is 13.8. The van der Waals surface area contributed by atoms with Crippen molar-refractivity contribution in [3.8, 4) is 17.2 Å². The number of benzene rings is 3. The van der Waals surface area contributed by atoms with Gasteiger partial charge < -0.3 is 24.8 Å². The van der Waals surface area contributed by atoms with Crippen LogP contribution in [0.25, 0.3) is 0 Å². The Morgan fingerprint density at radius 3 is 2.46 bits per heavy atom. The van der Waals surface area contributed by atoms with Gasteiger partial charge in [-0.05, 0) is 66.8 Å². The highest BCUT2D eigenvalue weighted by molar-refractivity contribution is 6.01. The molecule has 0 aromatic heterocycles. The Balaban J connectivity index is 1.59. The topological polar surface area (TPSA) is 68.8 Å². The minimum Gasteiger partial charge on any atom is -0.497 e. The molecule has 2 N–H and O–H groups in total. The number of carbonyl (C=O) groups is 1. The number of hydrogen-bond donors (Lipinski definition) is 2. The Morgan fingerprint density at radius 1 is 0.857 bits per heavy atom. The van der Waals surface area contributed by atoms with Gasteiger partial charge >= 0.3 is 0 Å². The minimum absolute atomic E-state index is 0.0737. The fraction of sp³-hybridized carbons (Fsp3) is 0.276. The van der Waals surface area contributed by atoms with E-state index in [2.05, 4.69) is 16.7 Å². The van der Waals surface area contributed by atoms with Crippen molar-refractivity contribution in [3.05, 3.63) is 89.1 Å². The fourth-order valence-corrected chi connectivity index (χ4v) is 5.01. The summed E-state index contributed by atoms with van der Waals surface area (Å²) in [5.41, 5.74) is 5.68. The largest absolute Gasteiger partial charge is 0.497 e. The van der Waals surface area contributed by atoms with Gasteiger partial charge in [-0.2, -0.15) is 0 Å². The lowest BCUT2D eigenvalue weighted by Crippen LogP contribution is -2.27. The molecule has 180 valence electrons. The van der Waals surface area contributed by atoms with Crippen LogP contribution in [0.1, 0.15) is 42.9 Å². The van der Waals surface area contributed by atoms with E-state index in [1.165, 1.54) is 0 Å². The highest BCUT2D eigenvalue weighted by Crippen LogP contribution is 2.45. The van der Waals surface area contributed by atoms with Crippen molar-refractivity contribution in [2.24, 2.45) is 0 Å². The van der Waals surface area contributed by atoms with Crippen LogP contribution in [0.2, 0.25) is 0 Å². The maximum Gasteiger partial charge on any atom is 0.163 e. The van der Waals surface area contributed by atoms with E-state index >= 15 is 0 Å². The number of nitrogens with one attached hydrogen (secondary N) is 2. The van der Waals surface area contributed by atoms with Crippen LogP contribution in [-0.2, 0) is 4.79 Å². The summed E-state index contributed by atoms with van der Waals surface area (Å²) in [5.74, 6) is 2.34. The molecule has 3 aromatic carbocycles. The summed E-state index contributed by atoms with van der Waals surface area (Å²) in [6.45, 7) is 2.49. The third-order valence-corrected chi connectivity index (χ3v) is 6.70. The van der Waals surface area contributed by atoms with E-state index < -0.39 is 0 Å². The molecule has 1 heterocycles. The summed E-state index contributed by atoms with van der Waals surface area (Å²) < 4.78 is 16.7. The Labute approximate surface area is 205 Å². The highest BCUT2D eigenvalue weighted by atomic mass is 16.5. The number of Topliss-reactive ketones (excluding diaryl/α,β-unsaturated/α-hetero) is 1. The molecule has 0 saturated heterocycles. The normalized spacial score (nSPS) is 19.0. The summed E-state index contributed by atoms with van der Waals surface area (Å²) >= 11 is 0. The van der Waals surface area contributed by atoms with E-state index in [-0.39, 0.29) is 17.7 Å². The van der Waals surface area contributed by atoms with E-state index in [0.29, 0.717) is 24.5 Å². The summed E-state index contributed by atoms with van der Waals surface area (Å²) in [5, 5.41) is 7.21. The molecular weight excluding hydrogens is 440 g/mol. The minimum atomic E-state index is -0.315. The standard InChI is InChI=1S/C29H30N2O4/c1-4-35-26-13-12-19(17-27(26)34-3)29-28-24(30-22-10-5-6-11-23(22)31-29)15-20(16-25(28)32)18-8-7-9-21(14-18)33-2/h5-14,17,20,29-31H,4,15-16H2,1-3H3. The van der Waals surface area contributed by atoms with Gasteiger partial charge in [0, 0.05) is 17.7 Å². The number of para-hydroxylation sites is 2. The molecule has 5 rings (SSSR count). The average molecular weight is 471 g/mol. The van der Waals surface area contributed by atoms with Gasteiger partial charge in [-0.1, -0.05) is 30.3 Å². The van der Waals surface area contributed by atoms with Crippen molar-refractivity contribution in [1.82, 2.24) is 0 Å². The number of ether oxygens (including phenoxy) is 3. The van der Waals surface area contributed by atoms with Crippen molar-refractivity contribution < 1.29 is 19.0 Å². The molecule has 0 amide bonds. The first-order valence-corrected chi connectivity index (χ1v) is 11.9. The van der Waals surface area contributed by atoms with E-state index in [0.717, 1.165) is 45.9 Å². The Hall–Kier alpha value is -3.93. The number of carbonyl (C=O) groups excluding carboxylic acids is 1. The molecule has 0 fully saturated rings. The number of methoxy groups -OCH3 is 2. The average Bonchev–Trinajstić information content (AvgIpc) is 3.06. The van der Waals surface area contributed by atoms with Crippen molar-refractivity contribution >= 4 is 17.2 Å². The first-order valence-electron chi connectivity index (χ1n) is 11.9. The Kier molecular flexibility index (Phi) is 6.36. The monoisotopic (exact) mass is 470 g/mol. The van der Waals surface area contributed by atoms with Crippen LogP contribution in [0.15, 0.2) is 78.0 Å². The number of anilines is 2. The summed E-state index contributed by atoms with van der Waals surface area (Å²) in [7, 11) is 3.30. The second-order valence-electron chi connectivity index (χ2n) is 8.79. The van der Waals surface area contributed by atoms with Crippen LogP contribution in [-0.4, -0.2) is 26.6 Å². The number of ketones is 1. The van der Waals surface area contributed by atoms with Gasteiger partial charge in [0.25, 0.3) is 0 Å². The van der Waals surface area contributed by atoms with Gasteiger partial charge in [0.1, 0.15) is 5.75 Å². The summed E-state index contributed by atoms with van der Waals surface area (Å²) in [6.07, 6.45) is 1.17. The predicted molar refractivity (Wildman–Crippen MR) is 138 cm³/mol. The first kappa shape index (κ1) is 22.8. The summed E-state index contributed by atoms with van der Waals surface area (Å²) in [4.78, 5) is 13.8. The zero-order valence-corrected chi connectivity index (χ0v) is 20.3. The van der Waals surface area contributed by atoms with Gasteiger partial charge in [-0.15, -0.1) is 0 Å². The van der Waals surface area contributed by atoms with E-state index in [1.807, 2.05) is 67.6 Å². The van der Waals surface area contributed by atoms with Crippen LogP contribution in [0, 0.1) is 0 Å². The molecule has 3 aromatic rings. The number of rotatable bonds is 6. The first-order chi connectivity index (χ1) is 17.1. The fourth-order valence-electron chi connectivity index (χ4n) is 5.01. The molecule has 6 nitrogen and oxygen atoms in total. The van der Waals surface area contributed by atoms with Crippen LogP contribution < -0.4 is 24.8 Å². The molecule has 35 heavy (non-hydrogen) atoms. The molecule has 2 unspecified atom stereocenters. The van der Waals surface area contributed by atoms with Crippen LogP contribution in [0.5, 0.6) is 17.2 Å². The van der Waals surface area contributed by atoms with Gasteiger partial charge in [0.2, 0.25) is 0 Å². The van der Waals surface area contributed by atoms with Crippen molar-refractivity contribution in [3.63, 3.8) is 0 Å². The molecule has 0 radical (unpaired) electrons. The van der Waals surface area contributed by atoms with Crippen LogP contribution >= 0.6 is 0 Å². The smallest absolute Gasteiger partial charge is 0.163 e. The zero-order chi connectivity index (χ0) is 24.4. The molecule has 6 heteroatoms. The molecule has 0 bridgehead atoms. The molecule has 2 aliphatic rings. The van der Waals surface area contributed by atoms with Crippen molar-refractivity contribution in [2.75, 3.05) is 31.5 Å². The molecule has 0 saturated carbocycles. The third kappa shape index (κ3) is 4.44. The third-order valence-electron chi connectivity index (χ3n) is 6.70. The second kappa shape index (κ2) is 9.74. The lowest BCUT2D eigenvalue weighted by Gasteiger charge is -2.30. The molecule has 1 aliphatic carbocycles. The quantitative estimate of drug-likeness (QED) is 0.455. The van der Waals surface area contributed by atoms with Crippen molar-refractivity contribution in [1.29, 1.82) is 0 Å². The highest BCUT2D eigenvalue weighted by Gasteiger charge is 2.36. The van der Waals surface area contributed by atoms with Gasteiger partial charge in [-0.3, -0.25) is 4.79 Å².